The number of benzene rings is 3. The molecular weight excluding hydrogens is 411 g/mol. The molecule has 3 rings (SSSR count). The fourth-order valence-corrected chi connectivity index (χ4v) is 3.61. The van der Waals surface area contributed by atoms with Crippen molar-refractivity contribution in [2.75, 3.05) is 0 Å². The highest BCUT2D eigenvalue weighted by molar-refractivity contribution is 9.11. The van der Waals surface area contributed by atoms with Crippen molar-refractivity contribution in [1.29, 1.82) is 0 Å². The molecule has 0 bridgehead atoms. The second-order valence-electron chi connectivity index (χ2n) is 4.98. The predicted molar refractivity (Wildman–Crippen MR) is 98.1 cm³/mol. The molecular formula is C18H13Br2Cl. The fraction of sp³-hybridized carbons (Fsp3) is 0.111. The molecule has 0 heterocycles. The van der Waals surface area contributed by atoms with Crippen LogP contribution in [-0.2, 0) is 6.42 Å². The van der Waals surface area contributed by atoms with E-state index in [-0.39, 0.29) is 5.38 Å². The van der Waals surface area contributed by atoms with E-state index >= 15 is 0 Å². The summed E-state index contributed by atoms with van der Waals surface area (Å²) in [5.74, 6) is 0. The smallest absolute Gasteiger partial charge is 0.0631 e. The van der Waals surface area contributed by atoms with Gasteiger partial charge in [-0.05, 0) is 46.5 Å². The molecule has 0 aromatic heterocycles. The normalized spacial score (nSPS) is 12.5. The summed E-state index contributed by atoms with van der Waals surface area (Å²) in [6.07, 6.45) is 0.820. The second-order valence-corrected chi connectivity index (χ2v) is 7.28. The van der Waals surface area contributed by atoms with Crippen LogP contribution in [0, 0.1) is 0 Å². The fourth-order valence-electron chi connectivity index (χ4n) is 2.50. The van der Waals surface area contributed by atoms with Gasteiger partial charge in [0.1, 0.15) is 0 Å². The van der Waals surface area contributed by atoms with E-state index in [1.807, 2.05) is 0 Å². The Hall–Kier alpha value is -0.830. The summed E-state index contributed by atoms with van der Waals surface area (Å²) in [6, 6.07) is 20.9. The second kappa shape index (κ2) is 6.51. The zero-order valence-corrected chi connectivity index (χ0v) is 15.1. The first-order valence-corrected chi connectivity index (χ1v) is 8.73. The first kappa shape index (κ1) is 15.1. The van der Waals surface area contributed by atoms with Crippen molar-refractivity contribution < 1.29 is 0 Å². The Morgan fingerprint density at radius 2 is 1.48 bits per heavy atom. The van der Waals surface area contributed by atoms with Crippen LogP contribution in [-0.4, -0.2) is 0 Å². The molecule has 21 heavy (non-hydrogen) atoms. The Bertz CT molecular complexity index is 766. The molecule has 0 amide bonds. The molecule has 0 fully saturated rings. The lowest BCUT2D eigenvalue weighted by Crippen LogP contribution is -1.97. The molecule has 1 unspecified atom stereocenters. The Balaban J connectivity index is 1.96. The maximum atomic E-state index is 6.68. The van der Waals surface area contributed by atoms with Crippen LogP contribution in [0.5, 0.6) is 0 Å². The van der Waals surface area contributed by atoms with Gasteiger partial charge in [-0.15, -0.1) is 11.6 Å². The maximum Gasteiger partial charge on any atom is 0.0631 e. The van der Waals surface area contributed by atoms with Gasteiger partial charge in [-0.25, -0.2) is 0 Å². The van der Waals surface area contributed by atoms with Crippen LogP contribution in [0.1, 0.15) is 16.5 Å². The third kappa shape index (κ3) is 3.33. The van der Waals surface area contributed by atoms with Gasteiger partial charge in [-0.2, -0.15) is 0 Å². The molecule has 3 heteroatoms. The molecule has 1 atom stereocenters. The van der Waals surface area contributed by atoms with Crippen molar-refractivity contribution in [3.8, 4) is 0 Å². The van der Waals surface area contributed by atoms with Gasteiger partial charge in [0.25, 0.3) is 0 Å². The summed E-state index contributed by atoms with van der Waals surface area (Å²) >= 11 is 13.8. The lowest BCUT2D eigenvalue weighted by Gasteiger charge is -2.14. The van der Waals surface area contributed by atoms with Gasteiger partial charge in [0.05, 0.1) is 5.38 Å². The molecule has 106 valence electrons. The minimum absolute atomic E-state index is 0.0378. The van der Waals surface area contributed by atoms with Crippen LogP contribution < -0.4 is 0 Å². The van der Waals surface area contributed by atoms with Gasteiger partial charge >= 0.3 is 0 Å². The Labute approximate surface area is 146 Å². The predicted octanol–water partition coefficient (Wildman–Crippen LogP) is 6.89. The standard InChI is InChI=1S/C18H13Br2Cl/c19-13-7-5-12(6-8-13)11-18(21)16-9-10-17(20)15-4-2-1-3-14(15)16/h1-10,18H,11H2. The van der Waals surface area contributed by atoms with Crippen LogP contribution in [0.3, 0.4) is 0 Å². The molecule has 0 saturated carbocycles. The molecule has 3 aromatic carbocycles. The maximum absolute atomic E-state index is 6.68. The monoisotopic (exact) mass is 422 g/mol. The number of hydrogen-bond acceptors (Lipinski definition) is 0. The first-order valence-electron chi connectivity index (χ1n) is 6.71. The number of halogens is 3. The summed E-state index contributed by atoms with van der Waals surface area (Å²) < 4.78 is 2.20. The van der Waals surface area contributed by atoms with E-state index in [0.717, 1.165) is 15.4 Å². The number of hydrogen-bond donors (Lipinski definition) is 0. The average molecular weight is 425 g/mol. The van der Waals surface area contributed by atoms with E-state index in [0.29, 0.717) is 0 Å². The van der Waals surface area contributed by atoms with Gasteiger partial charge < -0.3 is 0 Å². The highest BCUT2D eigenvalue weighted by Gasteiger charge is 2.13. The van der Waals surface area contributed by atoms with Crippen molar-refractivity contribution in [1.82, 2.24) is 0 Å². The zero-order chi connectivity index (χ0) is 14.8. The van der Waals surface area contributed by atoms with E-state index in [4.69, 9.17) is 11.6 Å². The first-order chi connectivity index (χ1) is 10.1. The largest absolute Gasteiger partial charge is 0.117 e. The third-order valence-corrected chi connectivity index (χ3v) is 5.18. The Morgan fingerprint density at radius 1 is 0.810 bits per heavy atom. The Kier molecular flexibility index (Phi) is 4.68. The Morgan fingerprint density at radius 3 is 2.19 bits per heavy atom. The minimum Gasteiger partial charge on any atom is -0.117 e. The molecule has 0 saturated heterocycles. The van der Waals surface area contributed by atoms with Crippen LogP contribution in [0.2, 0.25) is 0 Å². The molecule has 0 aliphatic carbocycles. The van der Waals surface area contributed by atoms with Crippen molar-refractivity contribution >= 4 is 54.2 Å². The highest BCUT2D eigenvalue weighted by Crippen LogP contribution is 2.34. The third-order valence-electron chi connectivity index (χ3n) is 3.57. The molecule has 0 N–H and O–H groups in total. The van der Waals surface area contributed by atoms with E-state index in [2.05, 4.69) is 92.5 Å². The molecule has 0 radical (unpaired) electrons. The van der Waals surface area contributed by atoms with Gasteiger partial charge in [-0.1, -0.05) is 74.3 Å². The SMILES string of the molecule is ClC(Cc1ccc(Br)cc1)c1ccc(Br)c2ccccc12. The van der Waals surface area contributed by atoms with Crippen molar-refractivity contribution in [3.63, 3.8) is 0 Å². The lowest BCUT2D eigenvalue weighted by atomic mass is 9.98. The topological polar surface area (TPSA) is 0 Å². The van der Waals surface area contributed by atoms with Gasteiger partial charge in [0.15, 0.2) is 0 Å². The van der Waals surface area contributed by atoms with Crippen molar-refractivity contribution in [2.24, 2.45) is 0 Å². The number of rotatable bonds is 3. The average Bonchev–Trinajstić information content (AvgIpc) is 2.50. The van der Waals surface area contributed by atoms with E-state index < -0.39 is 0 Å². The molecule has 3 aromatic rings. The molecule has 0 nitrogen and oxygen atoms in total. The summed E-state index contributed by atoms with van der Waals surface area (Å²) in [6.45, 7) is 0. The van der Waals surface area contributed by atoms with Crippen molar-refractivity contribution in [2.45, 2.75) is 11.8 Å². The lowest BCUT2D eigenvalue weighted by molar-refractivity contribution is 0.928. The van der Waals surface area contributed by atoms with E-state index in [9.17, 15) is 0 Å². The quantitative estimate of drug-likeness (QED) is 0.402. The number of alkyl halides is 1. The molecule has 0 aliphatic rings. The van der Waals surface area contributed by atoms with Crippen LogP contribution in [0.15, 0.2) is 69.6 Å². The zero-order valence-electron chi connectivity index (χ0n) is 11.2. The van der Waals surface area contributed by atoms with Crippen LogP contribution in [0.4, 0.5) is 0 Å². The van der Waals surface area contributed by atoms with Crippen LogP contribution >= 0.6 is 43.5 Å². The summed E-state index contributed by atoms with van der Waals surface area (Å²) in [5, 5.41) is 2.38. The van der Waals surface area contributed by atoms with E-state index in [1.54, 1.807) is 0 Å². The van der Waals surface area contributed by atoms with Gasteiger partial charge in [-0.3, -0.25) is 0 Å². The molecule has 0 aliphatic heterocycles. The summed E-state index contributed by atoms with van der Waals surface area (Å²) in [7, 11) is 0. The molecule has 0 spiro atoms. The summed E-state index contributed by atoms with van der Waals surface area (Å²) in [4.78, 5) is 0. The van der Waals surface area contributed by atoms with E-state index in [1.165, 1.54) is 21.9 Å². The number of fused-ring (bicyclic) bond motifs is 1. The van der Waals surface area contributed by atoms with Gasteiger partial charge in [0.2, 0.25) is 0 Å². The van der Waals surface area contributed by atoms with Gasteiger partial charge in [0, 0.05) is 8.95 Å². The van der Waals surface area contributed by atoms with Crippen molar-refractivity contribution in [3.05, 3.63) is 80.7 Å². The summed E-state index contributed by atoms with van der Waals surface area (Å²) in [5.41, 5.74) is 2.42. The highest BCUT2D eigenvalue weighted by atomic mass is 79.9. The minimum atomic E-state index is -0.0378. The van der Waals surface area contributed by atoms with Crippen LogP contribution in [0.25, 0.3) is 10.8 Å².